The van der Waals surface area contributed by atoms with Gasteiger partial charge in [-0.1, -0.05) is 12.7 Å². The maximum Gasteiger partial charge on any atom is 0.294 e. The van der Waals surface area contributed by atoms with Crippen LogP contribution < -0.4 is 24.3 Å². The van der Waals surface area contributed by atoms with Crippen molar-refractivity contribution in [3.63, 3.8) is 0 Å². The molecule has 1 saturated heterocycles. The molecule has 9 nitrogen and oxygen atoms in total. The van der Waals surface area contributed by atoms with Crippen molar-refractivity contribution in [3.8, 4) is 23.0 Å². The van der Waals surface area contributed by atoms with Crippen molar-refractivity contribution in [3.05, 3.63) is 57.9 Å². The molecule has 0 spiro atoms. The Morgan fingerprint density at radius 2 is 1.97 bits per heavy atom. The summed E-state index contributed by atoms with van der Waals surface area (Å²) < 4.78 is 22.9. The van der Waals surface area contributed by atoms with Gasteiger partial charge in [0, 0.05) is 11.8 Å². The van der Waals surface area contributed by atoms with E-state index in [0.717, 1.165) is 16.7 Å². The third-order valence-electron chi connectivity index (χ3n) is 4.98. The molecule has 0 atom stereocenters. The second-order valence-electron chi connectivity index (χ2n) is 7.54. The Morgan fingerprint density at radius 1 is 1.19 bits per heavy atom. The molecule has 0 bridgehead atoms. The summed E-state index contributed by atoms with van der Waals surface area (Å²) in [6.07, 6.45) is 3.20. The largest absolute Gasteiger partial charge is 0.490 e. The highest BCUT2D eigenvalue weighted by Gasteiger charge is 2.36. The fourth-order valence-electron chi connectivity index (χ4n) is 3.47. The maximum absolute atomic E-state index is 12.9. The molecule has 4 rings (SSSR count). The Kier molecular flexibility index (Phi) is 8.21. The maximum atomic E-state index is 12.9. The summed E-state index contributed by atoms with van der Waals surface area (Å²) in [6.45, 7) is 6.66. The van der Waals surface area contributed by atoms with E-state index in [9.17, 15) is 14.4 Å². The molecule has 2 aromatic rings. The van der Waals surface area contributed by atoms with Gasteiger partial charge < -0.3 is 24.3 Å². The number of ether oxygens (including phenoxy) is 4. The first-order valence-electron chi connectivity index (χ1n) is 11.0. The average Bonchev–Trinajstić information content (AvgIpc) is 3.11. The lowest BCUT2D eigenvalue weighted by Crippen LogP contribution is -2.36. The minimum atomic E-state index is -0.552. The van der Waals surface area contributed by atoms with Gasteiger partial charge in [-0.2, -0.15) is 0 Å². The zero-order valence-corrected chi connectivity index (χ0v) is 21.8. The zero-order valence-electron chi connectivity index (χ0n) is 19.4. The van der Waals surface area contributed by atoms with Gasteiger partial charge >= 0.3 is 0 Å². The number of anilines is 1. The predicted octanol–water partition coefficient (Wildman–Crippen LogP) is 4.86. The summed E-state index contributed by atoms with van der Waals surface area (Å²) in [6, 6.07) is 8.46. The number of carbonyl (C=O) groups is 3. The average molecular weight is 575 g/mol. The van der Waals surface area contributed by atoms with Crippen molar-refractivity contribution >= 4 is 56.5 Å². The molecular formula is C25H23BrN2O7S. The van der Waals surface area contributed by atoms with E-state index in [4.69, 9.17) is 18.9 Å². The van der Waals surface area contributed by atoms with Crippen LogP contribution in [0.1, 0.15) is 12.5 Å². The molecule has 0 radical (unpaired) electrons. The SMILES string of the molecule is C=CCOc1c(Br)cc(/C=C2/SC(=O)N(CC(=O)Nc3ccc4c(c3)OCCO4)C2=O)cc1OCC. The van der Waals surface area contributed by atoms with Crippen molar-refractivity contribution in [2.75, 3.05) is 38.3 Å². The molecule has 0 aromatic heterocycles. The number of rotatable bonds is 9. The van der Waals surface area contributed by atoms with Crippen LogP contribution in [-0.2, 0) is 9.59 Å². The fourth-order valence-corrected chi connectivity index (χ4v) is 4.88. The number of imide groups is 1. The lowest BCUT2D eigenvalue weighted by molar-refractivity contribution is -0.127. The zero-order chi connectivity index (χ0) is 25.7. The molecule has 0 saturated carbocycles. The highest BCUT2D eigenvalue weighted by Crippen LogP contribution is 2.39. The smallest absolute Gasteiger partial charge is 0.294 e. The number of halogens is 1. The number of fused-ring (bicyclic) bond motifs is 1. The standard InChI is InChI=1S/C25H23BrN2O7S/c1-3-7-35-23-17(26)10-15(11-20(23)32-4-2)12-21-24(30)28(25(31)36-21)14-22(29)27-16-5-6-18-19(13-16)34-9-8-33-18/h3,5-6,10-13H,1,4,7-9,14H2,2H3,(H,27,29)/b21-12+. The van der Waals surface area contributed by atoms with Gasteiger partial charge in [-0.3, -0.25) is 19.3 Å². The van der Waals surface area contributed by atoms with E-state index in [2.05, 4.69) is 27.8 Å². The van der Waals surface area contributed by atoms with E-state index in [0.29, 0.717) is 65.1 Å². The molecule has 36 heavy (non-hydrogen) atoms. The van der Waals surface area contributed by atoms with Gasteiger partial charge in [0.25, 0.3) is 11.1 Å². The first-order chi connectivity index (χ1) is 17.4. The Hall–Kier alpha value is -3.44. The number of nitrogens with zero attached hydrogens (tertiary/aromatic N) is 1. The molecule has 188 valence electrons. The fraction of sp³-hybridized carbons (Fsp3) is 0.240. The number of thioether (sulfide) groups is 1. The van der Waals surface area contributed by atoms with Gasteiger partial charge in [-0.05, 0) is 70.5 Å². The van der Waals surface area contributed by atoms with Crippen LogP contribution in [0.5, 0.6) is 23.0 Å². The second kappa shape index (κ2) is 11.5. The van der Waals surface area contributed by atoms with E-state index < -0.39 is 23.6 Å². The molecule has 11 heteroatoms. The molecule has 2 aliphatic rings. The monoisotopic (exact) mass is 574 g/mol. The number of amides is 3. The molecule has 1 N–H and O–H groups in total. The topological polar surface area (TPSA) is 103 Å². The highest BCUT2D eigenvalue weighted by molar-refractivity contribution is 9.10. The summed E-state index contributed by atoms with van der Waals surface area (Å²) in [7, 11) is 0. The van der Waals surface area contributed by atoms with Crippen LogP contribution in [0.4, 0.5) is 10.5 Å². The van der Waals surface area contributed by atoms with E-state index in [1.165, 1.54) is 0 Å². The number of nitrogens with one attached hydrogen (secondary N) is 1. The number of hydrogen-bond acceptors (Lipinski definition) is 8. The first-order valence-corrected chi connectivity index (χ1v) is 12.7. The van der Waals surface area contributed by atoms with Crippen molar-refractivity contribution < 1.29 is 33.3 Å². The summed E-state index contributed by atoms with van der Waals surface area (Å²) in [5.41, 5.74) is 1.10. The van der Waals surface area contributed by atoms with Crippen molar-refractivity contribution in [1.29, 1.82) is 0 Å². The van der Waals surface area contributed by atoms with Crippen LogP contribution in [-0.4, -0.2) is 54.9 Å². The van der Waals surface area contributed by atoms with Crippen LogP contribution in [0.25, 0.3) is 6.08 Å². The van der Waals surface area contributed by atoms with Crippen molar-refractivity contribution in [1.82, 2.24) is 4.90 Å². The quantitative estimate of drug-likeness (QED) is 0.334. The van der Waals surface area contributed by atoms with Gasteiger partial charge in [-0.25, -0.2) is 0 Å². The Bertz CT molecular complexity index is 1250. The van der Waals surface area contributed by atoms with Crippen molar-refractivity contribution in [2.24, 2.45) is 0 Å². The Morgan fingerprint density at radius 3 is 2.72 bits per heavy atom. The Balaban J connectivity index is 1.46. The van der Waals surface area contributed by atoms with E-state index in [-0.39, 0.29) is 4.91 Å². The number of benzene rings is 2. The molecule has 2 heterocycles. The minimum Gasteiger partial charge on any atom is -0.490 e. The van der Waals surface area contributed by atoms with E-state index >= 15 is 0 Å². The molecule has 2 aromatic carbocycles. The summed E-state index contributed by atoms with van der Waals surface area (Å²) in [4.78, 5) is 39.1. The summed E-state index contributed by atoms with van der Waals surface area (Å²) >= 11 is 4.23. The van der Waals surface area contributed by atoms with Gasteiger partial charge in [0.05, 0.1) is 16.0 Å². The second-order valence-corrected chi connectivity index (χ2v) is 9.38. The summed E-state index contributed by atoms with van der Waals surface area (Å²) in [5.74, 6) is 1.04. The van der Waals surface area contributed by atoms with Crippen LogP contribution in [0.3, 0.4) is 0 Å². The van der Waals surface area contributed by atoms with Crippen molar-refractivity contribution in [2.45, 2.75) is 6.92 Å². The van der Waals surface area contributed by atoms with Gasteiger partial charge in [0.1, 0.15) is 26.4 Å². The predicted molar refractivity (Wildman–Crippen MR) is 140 cm³/mol. The normalized spacial score (nSPS) is 15.7. The lowest BCUT2D eigenvalue weighted by Gasteiger charge is -2.19. The number of hydrogen-bond donors (Lipinski definition) is 1. The third-order valence-corrected chi connectivity index (χ3v) is 6.47. The molecular weight excluding hydrogens is 552 g/mol. The van der Waals surface area contributed by atoms with Crippen LogP contribution in [0.2, 0.25) is 0 Å². The highest BCUT2D eigenvalue weighted by atomic mass is 79.9. The van der Waals surface area contributed by atoms with Gasteiger partial charge in [0.2, 0.25) is 5.91 Å². The summed E-state index contributed by atoms with van der Waals surface area (Å²) in [5, 5.41) is 2.15. The lowest BCUT2D eigenvalue weighted by atomic mass is 10.2. The minimum absolute atomic E-state index is 0.196. The van der Waals surface area contributed by atoms with Crippen LogP contribution >= 0.6 is 27.7 Å². The van der Waals surface area contributed by atoms with Gasteiger partial charge in [0.15, 0.2) is 23.0 Å². The van der Waals surface area contributed by atoms with Gasteiger partial charge in [-0.15, -0.1) is 0 Å². The van der Waals surface area contributed by atoms with E-state index in [1.54, 1.807) is 42.5 Å². The molecule has 2 aliphatic heterocycles. The molecule has 1 fully saturated rings. The van der Waals surface area contributed by atoms with E-state index in [1.807, 2.05) is 6.92 Å². The van der Waals surface area contributed by atoms with Crippen LogP contribution in [0, 0.1) is 0 Å². The number of carbonyl (C=O) groups excluding carboxylic acids is 3. The molecule has 0 unspecified atom stereocenters. The third kappa shape index (κ3) is 5.85. The molecule has 3 amide bonds. The first kappa shape index (κ1) is 25.6. The Labute approximate surface area is 220 Å². The molecule has 0 aliphatic carbocycles. The van der Waals surface area contributed by atoms with Crippen LogP contribution in [0.15, 0.2) is 52.4 Å².